The van der Waals surface area contributed by atoms with Gasteiger partial charge in [-0.05, 0) is 6.42 Å². The average molecular weight is 248 g/mol. The highest BCUT2D eigenvalue weighted by Crippen LogP contribution is 2.25. The van der Waals surface area contributed by atoms with Crippen molar-refractivity contribution in [2.24, 2.45) is 0 Å². The van der Waals surface area contributed by atoms with Crippen LogP contribution in [-0.2, 0) is 4.74 Å². The van der Waals surface area contributed by atoms with Crippen LogP contribution in [0.25, 0.3) is 11.5 Å². The molecule has 0 aromatic carbocycles. The Balaban J connectivity index is 1.85. The number of rotatable bonds is 2. The topological polar surface area (TPSA) is 94.2 Å². The smallest absolute Gasteiger partial charge is 0.235 e. The van der Waals surface area contributed by atoms with Crippen molar-refractivity contribution >= 4 is 0 Å². The Morgan fingerprint density at radius 3 is 3.06 bits per heavy atom. The van der Waals surface area contributed by atoms with E-state index in [1.54, 1.807) is 18.6 Å². The molecule has 18 heavy (non-hydrogen) atoms. The molecule has 7 nitrogen and oxygen atoms in total. The van der Waals surface area contributed by atoms with E-state index in [0.717, 1.165) is 0 Å². The van der Waals surface area contributed by atoms with Gasteiger partial charge in [-0.1, -0.05) is 5.16 Å². The van der Waals surface area contributed by atoms with E-state index in [0.29, 0.717) is 37.0 Å². The molecule has 1 fully saturated rings. The lowest BCUT2D eigenvalue weighted by Gasteiger charge is -2.24. The highest BCUT2D eigenvalue weighted by molar-refractivity contribution is 5.45. The van der Waals surface area contributed by atoms with Crippen molar-refractivity contribution in [2.45, 2.75) is 18.4 Å². The van der Waals surface area contributed by atoms with Gasteiger partial charge in [0.1, 0.15) is 5.69 Å². The van der Waals surface area contributed by atoms with Gasteiger partial charge in [0.05, 0.1) is 24.8 Å². The van der Waals surface area contributed by atoms with E-state index < -0.39 is 6.10 Å². The Morgan fingerprint density at radius 2 is 2.28 bits per heavy atom. The molecule has 0 radical (unpaired) electrons. The van der Waals surface area contributed by atoms with Gasteiger partial charge < -0.3 is 14.4 Å². The molecule has 3 heterocycles. The molecular weight excluding hydrogens is 236 g/mol. The number of hydrogen-bond donors (Lipinski definition) is 1. The lowest BCUT2D eigenvalue weighted by molar-refractivity contribution is -0.0149. The normalized spacial score (nSPS) is 24.1. The van der Waals surface area contributed by atoms with Crippen LogP contribution in [-0.4, -0.2) is 44.5 Å². The van der Waals surface area contributed by atoms with Crippen LogP contribution in [0.1, 0.15) is 18.2 Å². The minimum atomic E-state index is -0.506. The van der Waals surface area contributed by atoms with Crippen molar-refractivity contribution in [3.8, 4) is 11.5 Å². The zero-order valence-corrected chi connectivity index (χ0v) is 9.56. The van der Waals surface area contributed by atoms with Gasteiger partial charge in [0.25, 0.3) is 0 Å². The molecule has 2 unspecified atom stereocenters. The number of aliphatic hydroxyl groups excluding tert-OH is 1. The summed E-state index contributed by atoms with van der Waals surface area (Å²) in [6, 6.07) is 0. The Labute approximate surface area is 103 Å². The molecule has 1 aliphatic rings. The van der Waals surface area contributed by atoms with Crippen LogP contribution in [0.2, 0.25) is 0 Å². The molecule has 1 saturated heterocycles. The first-order chi connectivity index (χ1) is 8.84. The first-order valence-electron chi connectivity index (χ1n) is 5.70. The van der Waals surface area contributed by atoms with Gasteiger partial charge in [0, 0.05) is 19.0 Å². The Hall–Kier alpha value is -1.86. The molecule has 2 atom stereocenters. The molecule has 2 aromatic rings. The van der Waals surface area contributed by atoms with Gasteiger partial charge in [0.2, 0.25) is 11.7 Å². The van der Waals surface area contributed by atoms with Gasteiger partial charge in [0.15, 0.2) is 0 Å². The Bertz CT molecular complexity index is 516. The fraction of sp³-hybridized carbons (Fsp3) is 0.455. The minimum Gasteiger partial charge on any atom is -0.392 e. The lowest BCUT2D eigenvalue weighted by Crippen LogP contribution is -2.30. The highest BCUT2D eigenvalue weighted by atomic mass is 16.5. The average Bonchev–Trinajstić information content (AvgIpc) is 2.90. The van der Waals surface area contributed by atoms with Crippen molar-refractivity contribution in [3.05, 3.63) is 24.5 Å². The zero-order chi connectivity index (χ0) is 12.4. The molecule has 3 rings (SSSR count). The number of ether oxygens (including phenoxy) is 1. The van der Waals surface area contributed by atoms with Crippen molar-refractivity contribution in [2.75, 3.05) is 13.2 Å². The van der Waals surface area contributed by atoms with E-state index in [-0.39, 0.29) is 5.92 Å². The first-order valence-corrected chi connectivity index (χ1v) is 5.70. The van der Waals surface area contributed by atoms with Gasteiger partial charge >= 0.3 is 0 Å². The largest absolute Gasteiger partial charge is 0.392 e. The zero-order valence-electron chi connectivity index (χ0n) is 9.56. The van der Waals surface area contributed by atoms with Crippen LogP contribution in [0.4, 0.5) is 0 Å². The van der Waals surface area contributed by atoms with E-state index in [4.69, 9.17) is 9.26 Å². The van der Waals surface area contributed by atoms with Gasteiger partial charge in [-0.2, -0.15) is 4.98 Å². The lowest BCUT2D eigenvalue weighted by atomic mass is 9.99. The summed E-state index contributed by atoms with van der Waals surface area (Å²) in [5.41, 5.74) is 0.540. The van der Waals surface area contributed by atoms with Crippen molar-refractivity contribution in [1.29, 1.82) is 0 Å². The van der Waals surface area contributed by atoms with Crippen molar-refractivity contribution < 1.29 is 14.4 Å². The molecule has 0 aliphatic carbocycles. The summed E-state index contributed by atoms with van der Waals surface area (Å²) in [5, 5.41) is 13.7. The molecule has 0 bridgehead atoms. The monoisotopic (exact) mass is 248 g/mol. The summed E-state index contributed by atoms with van der Waals surface area (Å²) in [6.45, 7) is 0.950. The fourth-order valence-corrected chi connectivity index (χ4v) is 1.87. The Kier molecular flexibility index (Phi) is 2.99. The predicted molar refractivity (Wildman–Crippen MR) is 59.5 cm³/mol. The van der Waals surface area contributed by atoms with Gasteiger partial charge in [-0.25, -0.2) is 4.98 Å². The predicted octanol–water partition coefficient (Wildman–Crippen LogP) is 0.391. The van der Waals surface area contributed by atoms with Crippen molar-refractivity contribution in [1.82, 2.24) is 20.1 Å². The molecule has 0 saturated carbocycles. The third-order valence-electron chi connectivity index (χ3n) is 2.87. The van der Waals surface area contributed by atoms with E-state index in [9.17, 15) is 5.11 Å². The van der Waals surface area contributed by atoms with Crippen LogP contribution < -0.4 is 0 Å². The van der Waals surface area contributed by atoms with E-state index in [1.807, 2.05) is 0 Å². The maximum Gasteiger partial charge on any atom is 0.235 e. The second kappa shape index (κ2) is 4.79. The third kappa shape index (κ3) is 2.09. The molecular formula is C11H12N4O3. The summed E-state index contributed by atoms with van der Waals surface area (Å²) < 4.78 is 10.5. The van der Waals surface area contributed by atoms with Crippen LogP contribution in [0, 0.1) is 0 Å². The maximum atomic E-state index is 9.87. The first kappa shape index (κ1) is 11.2. The summed E-state index contributed by atoms with van der Waals surface area (Å²) in [5.74, 6) is 0.482. The van der Waals surface area contributed by atoms with Crippen LogP contribution in [0.5, 0.6) is 0 Å². The van der Waals surface area contributed by atoms with Crippen LogP contribution >= 0.6 is 0 Å². The number of aromatic nitrogens is 4. The van der Waals surface area contributed by atoms with Crippen LogP contribution in [0.15, 0.2) is 23.1 Å². The van der Waals surface area contributed by atoms with Crippen molar-refractivity contribution in [3.63, 3.8) is 0 Å². The highest BCUT2D eigenvalue weighted by Gasteiger charge is 2.30. The van der Waals surface area contributed by atoms with Gasteiger partial charge in [-0.3, -0.25) is 4.98 Å². The third-order valence-corrected chi connectivity index (χ3v) is 2.87. The molecule has 7 heteroatoms. The van der Waals surface area contributed by atoms with Crippen LogP contribution in [0.3, 0.4) is 0 Å². The molecule has 1 aliphatic heterocycles. The molecule has 0 spiro atoms. The van der Waals surface area contributed by atoms with Gasteiger partial charge in [-0.15, -0.1) is 0 Å². The molecule has 0 amide bonds. The van der Waals surface area contributed by atoms with E-state index in [2.05, 4.69) is 20.1 Å². The SMILES string of the molecule is OC1CCOCC1c1nc(-c2cnccn2)no1. The summed E-state index contributed by atoms with van der Waals surface area (Å²) in [4.78, 5) is 12.3. The second-order valence-corrected chi connectivity index (χ2v) is 4.08. The molecule has 2 aromatic heterocycles. The summed E-state index contributed by atoms with van der Waals surface area (Å²) >= 11 is 0. The Morgan fingerprint density at radius 1 is 1.33 bits per heavy atom. The van der Waals surface area contributed by atoms with E-state index >= 15 is 0 Å². The fourth-order valence-electron chi connectivity index (χ4n) is 1.87. The number of hydrogen-bond acceptors (Lipinski definition) is 7. The minimum absolute atomic E-state index is 0.267. The van der Waals surface area contributed by atoms with E-state index in [1.165, 1.54) is 0 Å². The quantitative estimate of drug-likeness (QED) is 0.821. The summed E-state index contributed by atoms with van der Waals surface area (Å²) in [7, 11) is 0. The standard InChI is InChI=1S/C11H12N4O3/c16-9-1-4-17-6-7(9)11-14-10(15-18-11)8-5-12-2-3-13-8/h2-3,5,7,9,16H,1,4,6H2. The second-order valence-electron chi connectivity index (χ2n) is 4.08. The maximum absolute atomic E-state index is 9.87. The number of nitrogens with zero attached hydrogens (tertiary/aromatic N) is 4. The number of aliphatic hydroxyl groups is 1. The molecule has 1 N–H and O–H groups in total. The molecule has 94 valence electrons. The summed E-state index contributed by atoms with van der Waals surface area (Å²) in [6.07, 6.45) is 4.76.